The van der Waals surface area contributed by atoms with Crippen LogP contribution in [0.3, 0.4) is 0 Å². The molecule has 0 bridgehead atoms. The van der Waals surface area contributed by atoms with Crippen LogP contribution in [0.15, 0.2) is 48.6 Å². The molecule has 0 spiro atoms. The summed E-state index contributed by atoms with van der Waals surface area (Å²) in [7, 11) is 5.40. The first-order valence-electron chi connectivity index (χ1n) is 23.2. The zero-order valence-corrected chi connectivity index (χ0v) is 37.5. The van der Waals surface area contributed by atoms with E-state index in [9.17, 15) is 19.5 Å². The van der Waals surface area contributed by atoms with Crippen molar-refractivity contribution in [1.82, 2.24) is 0 Å². The number of quaternary nitrogens is 1. The van der Waals surface area contributed by atoms with Gasteiger partial charge in [0.2, 0.25) is 0 Å². The maximum Gasteiger partial charge on any atom is 0.306 e. The van der Waals surface area contributed by atoms with Gasteiger partial charge < -0.3 is 28.6 Å². The molecule has 0 aromatic rings. The highest BCUT2D eigenvalue weighted by Gasteiger charge is 2.25. The molecule has 0 rings (SSSR count). The normalized spacial score (nSPS) is 13.4. The van der Waals surface area contributed by atoms with Gasteiger partial charge in [-0.05, 0) is 70.6 Å². The van der Waals surface area contributed by atoms with Crippen molar-refractivity contribution >= 4 is 17.9 Å². The molecule has 0 aliphatic rings. The molecule has 0 heterocycles. The quantitative estimate of drug-likeness (QED) is 0.0262. The molecule has 0 aliphatic heterocycles. The number of carboxylic acid groups (broad SMARTS) is 1. The van der Waals surface area contributed by atoms with Gasteiger partial charge in [-0.1, -0.05) is 152 Å². The Morgan fingerprint density at radius 3 is 1.44 bits per heavy atom. The summed E-state index contributed by atoms with van der Waals surface area (Å²) in [5.41, 5.74) is 0. The van der Waals surface area contributed by atoms with Gasteiger partial charge in [0.05, 0.1) is 40.3 Å². The predicted octanol–water partition coefficient (Wildman–Crippen LogP) is 11.5. The zero-order valence-electron chi connectivity index (χ0n) is 37.5. The number of nitrogens with zero attached hydrogens (tertiary/aromatic N) is 1. The van der Waals surface area contributed by atoms with Crippen LogP contribution in [0.4, 0.5) is 0 Å². The van der Waals surface area contributed by atoms with Gasteiger partial charge in [0.15, 0.2) is 6.10 Å². The molecule has 0 amide bonds. The molecule has 0 aliphatic carbocycles. The minimum absolute atomic E-state index is 0.0353. The maximum atomic E-state index is 12.7. The molecule has 0 aromatic heterocycles. The summed E-state index contributed by atoms with van der Waals surface area (Å²) in [5, 5.41) is 11.6. The molecule has 57 heavy (non-hydrogen) atoms. The van der Waals surface area contributed by atoms with Gasteiger partial charge in [-0.3, -0.25) is 9.59 Å². The SMILES string of the molecule is CCCC/C=C/CCCCCCCC(=O)OC(COCCC(C(=O)[O-])[N+](C)(C)C)COC(=O)CCCCCCCCCCC/C=C/C/C=C/C/C=C/CCCCC. The second-order valence-electron chi connectivity index (χ2n) is 16.6. The number of rotatable bonds is 41. The molecule has 2 unspecified atom stereocenters. The number of esters is 2. The third-order valence-corrected chi connectivity index (χ3v) is 10.2. The van der Waals surface area contributed by atoms with Gasteiger partial charge in [0.1, 0.15) is 12.6 Å². The highest BCUT2D eigenvalue weighted by molar-refractivity contribution is 5.70. The van der Waals surface area contributed by atoms with E-state index in [0.717, 1.165) is 77.0 Å². The molecule has 0 saturated heterocycles. The summed E-state index contributed by atoms with van der Waals surface area (Å²) < 4.78 is 17.2. The van der Waals surface area contributed by atoms with Gasteiger partial charge in [-0.25, -0.2) is 0 Å². The van der Waals surface area contributed by atoms with Gasteiger partial charge in [-0.15, -0.1) is 0 Å². The van der Waals surface area contributed by atoms with Crippen molar-refractivity contribution in [2.24, 2.45) is 0 Å². The molecule has 2 atom stereocenters. The first-order valence-corrected chi connectivity index (χ1v) is 23.2. The second-order valence-corrected chi connectivity index (χ2v) is 16.6. The van der Waals surface area contributed by atoms with Crippen molar-refractivity contribution in [3.8, 4) is 0 Å². The van der Waals surface area contributed by atoms with Crippen LogP contribution >= 0.6 is 0 Å². The van der Waals surface area contributed by atoms with Gasteiger partial charge in [-0.2, -0.15) is 0 Å². The molecule has 0 saturated carbocycles. The molecular formula is C49H87NO7. The van der Waals surface area contributed by atoms with E-state index in [1.807, 2.05) is 0 Å². The smallest absolute Gasteiger partial charge is 0.306 e. The number of carboxylic acids is 1. The van der Waals surface area contributed by atoms with Crippen LogP contribution in [0.1, 0.15) is 194 Å². The molecular weight excluding hydrogens is 715 g/mol. The third-order valence-electron chi connectivity index (χ3n) is 10.2. The Bertz CT molecular complexity index is 1070. The number of hydrogen-bond donors (Lipinski definition) is 0. The van der Waals surface area contributed by atoms with E-state index in [1.165, 1.54) is 83.5 Å². The molecule has 330 valence electrons. The van der Waals surface area contributed by atoms with E-state index < -0.39 is 18.1 Å². The van der Waals surface area contributed by atoms with Crippen molar-refractivity contribution in [3.05, 3.63) is 48.6 Å². The van der Waals surface area contributed by atoms with E-state index in [1.54, 1.807) is 21.1 Å². The Morgan fingerprint density at radius 1 is 0.526 bits per heavy atom. The average Bonchev–Trinajstić information content (AvgIpc) is 3.17. The van der Waals surface area contributed by atoms with Crippen LogP contribution in [0.5, 0.6) is 0 Å². The Morgan fingerprint density at radius 2 is 0.947 bits per heavy atom. The number of unbranched alkanes of at least 4 members (excludes halogenated alkanes) is 19. The van der Waals surface area contributed by atoms with E-state index in [-0.39, 0.29) is 42.7 Å². The number of aliphatic carboxylic acids is 1. The van der Waals surface area contributed by atoms with E-state index in [4.69, 9.17) is 14.2 Å². The maximum absolute atomic E-state index is 12.7. The second kappa shape index (κ2) is 40.1. The summed E-state index contributed by atoms with van der Waals surface area (Å²) in [6.45, 7) is 4.58. The Labute approximate surface area is 350 Å². The Hall–Kier alpha value is -2.71. The van der Waals surface area contributed by atoms with Crippen LogP contribution in [0.2, 0.25) is 0 Å². The topological polar surface area (TPSA) is 102 Å². The van der Waals surface area contributed by atoms with Crippen molar-refractivity contribution in [1.29, 1.82) is 0 Å². The highest BCUT2D eigenvalue weighted by atomic mass is 16.6. The molecule has 0 aromatic carbocycles. The van der Waals surface area contributed by atoms with Crippen molar-refractivity contribution in [2.45, 2.75) is 206 Å². The number of carbonyl (C=O) groups excluding carboxylic acids is 3. The van der Waals surface area contributed by atoms with Gasteiger partial charge in [0.25, 0.3) is 0 Å². The summed E-state index contributed by atoms with van der Waals surface area (Å²) in [6, 6.07) is -0.728. The van der Waals surface area contributed by atoms with Crippen LogP contribution in [0.25, 0.3) is 0 Å². The highest BCUT2D eigenvalue weighted by Crippen LogP contribution is 2.14. The van der Waals surface area contributed by atoms with Crippen molar-refractivity contribution in [2.75, 3.05) is 41.0 Å². The zero-order chi connectivity index (χ0) is 42.1. The van der Waals surface area contributed by atoms with Crippen LogP contribution < -0.4 is 5.11 Å². The summed E-state index contributed by atoms with van der Waals surface area (Å²) in [4.78, 5) is 36.8. The number of ether oxygens (including phenoxy) is 3. The minimum atomic E-state index is -1.13. The number of hydrogen-bond acceptors (Lipinski definition) is 7. The number of allylic oxidation sites excluding steroid dienone is 8. The van der Waals surface area contributed by atoms with Crippen LogP contribution in [-0.4, -0.2) is 75.5 Å². The van der Waals surface area contributed by atoms with Gasteiger partial charge >= 0.3 is 11.9 Å². The summed E-state index contributed by atoms with van der Waals surface area (Å²) in [6.07, 6.45) is 47.1. The Balaban J connectivity index is 4.24. The third kappa shape index (κ3) is 38.6. The fraction of sp³-hybridized carbons (Fsp3) is 0.776. The van der Waals surface area contributed by atoms with Crippen molar-refractivity contribution < 1.29 is 38.2 Å². The monoisotopic (exact) mass is 802 g/mol. The average molecular weight is 802 g/mol. The molecule has 8 nitrogen and oxygen atoms in total. The fourth-order valence-corrected chi connectivity index (χ4v) is 6.53. The number of carbonyl (C=O) groups is 3. The van der Waals surface area contributed by atoms with E-state index in [0.29, 0.717) is 12.8 Å². The molecule has 0 fully saturated rings. The lowest BCUT2D eigenvalue weighted by Crippen LogP contribution is -2.55. The predicted molar refractivity (Wildman–Crippen MR) is 236 cm³/mol. The lowest BCUT2D eigenvalue weighted by atomic mass is 10.1. The van der Waals surface area contributed by atoms with Crippen molar-refractivity contribution in [3.63, 3.8) is 0 Å². The molecule has 0 radical (unpaired) electrons. The van der Waals surface area contributed by atoms with Gasteiger partial charge in [0, 0.05) is 19.3 Å². The molecule has 8 heteroatoms. The van der Waals surface area contributed by atoms with E-state index in [2.05, 4.69) is 62.5 Å². The summed E-state index contributed by atoms with van der Waals surface area (Å²) in [5.74, 6) is -1.75. The standard InChI is InChI=1S/C49H87NO7/c1-6-8-10-12-14-16-18-19-20-21-22-23-24-25-26-27-28-30-31-33-35-37-39-47(51)56-44-45(43-55-42-41-46(49(53)54)50(3,4)5)57-48(52)40-38-36-34-32-29-17-15-13-11-9-7-2/h13-16,19-20,22-23,45-46H,6-12,17-18,21,24-44H2,1-5H3/b15-13+,16-14+,20-19+,23-22+. The van der Waals surface area contributed by atoms with E-state index >= 15 is 0 Å². The largest absolute Gasteiger partial charge is 0.544 e. The fourth-order valence-electron chi connectivity index (χ4n) is 6.53. The Kier molecular flexibility index (Phi) is 38.2. The van der Waals surface area contributed by atoms with Crippen LogP contribution in [0, 0.1) is 0 Å². The van der Waals surface area contributed by atoms with Crippen LogP contribution in [-0.2, 0) is 28.6 Å². The molecule has 0 N–H and O–H groups in total. The lowest BCUT2D eigenvalue weighted by Gasteiger charge is -2.34. The summed E-state index contributed by atoms with van der Waals surface area (Å²) >= 11 is 0. The number of likely N-dealkylation sites (N-methyl/N-ethyl adjacent to an activating group) is 1. The first-order chi connectivity index (χ1) is 27.6. The lowest BCUT2D eigenvalue weighted by molar-refractivity contribution is -0.889. The minimum Gasteiger partial charge on any atom is -0.544 e. The first kappa shape index (κ1) is 54.3.